The lowest BCUT2D eigenvalue weighted by molar-refractivity contribution is -0.0619. The zero-order chi connectivity index (χ0) is 14.9. The second-order valence-electron chi connectivity index (χ2n) is 5.90. The average Bonchev–Trinajstić information content (AvgIpc) is 2.41. The molecule has 1 aromatic rings. The molecule has 1 aromatic carbocycles. The Hall–Kier alpha value is -1.26. The summed E-state index contributed by atoms with van der Waals surface area (Å²) in [5, 5.41) is 0. The quantitative estimate of drug-likeness (QED) is 0.848. The number of nitrogens with zero attached hydrogens (tertiary/aromatic N) is 1. The highest BCUT2D eigenvalue weighted by molar-refractivity contribution is 5.51. The van der Waals surface area contributed by atoms with E-state index in [0.29, 0.717) is 6.61 Å². The van der Waals surface area contributed by atoms with Crippen LogP contribution in [0.1, 0.15) is 38.1 Å². The molecule has 0 saturated heterocycles. The lowest BCUT2D eigenvalue weighted by Crippen LogP contribution is -2.43. The van der Waals surface area contributed by atoms with Crippen LogP contribution in [0.5, 0.6) is 11.5 Å². The fourth-order valence-electron chi connectivity index (χ4n) is 3.09. The molecule has 4 heteroatoms. The standard InChI is InChI=1S/C16H25NO3/c1-7-20-15-11-8-13(18-5)14(19-6)9-12(11)16(2,3)10-17(15)4/h8-9,15H,7,10H2,1-6H3. The number of rotatable bonds is 4. The Balaban J connectivity index is 2.60. The molecule has 0 fully saturated rings. The van der Waals surface area contributed by atoms with E-state index in [4.69, 9.17) is 14.2 Å². The van der Waals surface area contributed by atoms with E-state index in [2.05, 4.69) is 31.9 Å². The summed E-state index contributed by atoms with van der Waals surface area (Å²) < 4.78 is 16.8. The van der Waals surface area contributed by atoms with Crippen LogP contribution in [-0.4, -0.2) is 39.3 Å². The highest BCUT2D eigenvalue weighted by Crippen LogP contribution is 2.44. The van der Waals surface area contributed by atoms with Crippen LogP contribution in [0.15, 0.2) is 12.1 Å². The molecule has 0 N–H and O–H groups in total. The van der Waals surface area contributed by atoms with Crippen molar-refractivity contribution in [2.24, 2.45) is 0 Å². The number of ether oxygens (including phenoxy) is 3. The zero-order valence-corrected chi connectivity index (χ0v) is 13.3. The van der Waals surface area contributed by atoms with Gasteiger partial charge in [-0.05, 0) is 31.7 Å². The molecule has 1 heterocycles. The molecule has 1 atom stereocenters. The normalized spacial score (nSPS) is 21.4. The van der Waals surface area contributed by atoms with Crippen LogP contribution in [0.2, 0.25) is 0 Å². The second-order valence-corrected chi connectivity index (χ2v) is 5.90. The van der Waals surface area contributed by atoms with Gasteiger partial charge in [0.1, 0.15) is 6.23 Å². The van der Waals surface area contributed by atoms with Crippen molar-refractivity contribution < 1.29 is 14.2 Å². The van der Waals surface area contributed by atoms with Gasteiger partial charge in [-0.2, -0.15) is 0 Å². The van der Waals surface area contributed by atoms with Crippen molar-refractivity contribution >= 4 is 0 Å². The summed E-state index contributed by atoms with van der Waals surface area (Å²) in [6.45, 7) is 8.14. The number of methoxy groups -OCH3 is 2. The highest BCUT2D eigenvalue weighted by Gasteiger charge is 2.37. The summed E-state index contributed by atoms with van der Waals surface area (Å²) in [4.78, 5) is 2.25. The third-order valence-corrected chi connectivity index (χ3v) is 3.92. The molecule has 0 saturated carbocycles. The molecule has 4 nitrogen and oxygen atoms in total. The molecule has 0 spiro atoms. The molecule has 112 valence electrons. The predicted octanol–water partition coefficient (Wildman–Crippen LogP) is 2.96. The third kappa shape index (κ3) is 2.50. The van der Waals surface area contributed by atoms with E-state index in [1.807, 2.05) is 13.0 Å². The second kappa shape index (κ2) is 5.62. The fourth-order valence-corrected chi connectivity index (χ4v) is 3.09. The first kappa shape index (κ1) is 15.1. The van der Waals surface area contributed by atoms with E-state index in [-0.39, 0.29) is 11.6 Å². The Morgan fingerprint density at radius 3 is 2.35 bits per heavy atom. The van der Waals surface area contributed by atoms with Gasteiger partial charge >= 0.3 is 0 Å². The maximum Gasteiger partial charge on any atom is 0.161 e. The van der Waals surface area contributed by atoms with Crippen LogP contribution < -0.4 is 9.47 Å². The smallest absolute Gasteiger partial charge is 0.161 e. The van der Waals surface area contributed by atoms with E-state index in [9.17, 15) is 0 Å². The van der Waals surface area contributed by atoms with Crippen LogP contribution in [0, 0.1) is 0 Å². The molecule has 0 aromatic heterocycles. The van der Waals surface area contributed by atoms with E-state index < -0.39 is 0 Å². The lowest BCUT2D eigenvalue weighted by Gasteiger charge is -2.43. The number of fused-ring (bicyclic) bond motifs is 1. The van der Waals surface area contributed by atoms with Crippen LogP contribution in [0.4, 0.5) is 0 Å². The van der Waals surface area contributed by atoms with Crippen LogP contribution >= 0.6 is 0 Å². The van der Waals surface area contributed by atoms with E-state index in [0.717, 1.165) is 18.0 Å². The van der Waals surface area contributed by atoms with Gasteiger partial charge in [-0.25, -0.2) is 0 Å². The molecule has 2 rings (SSSR count). The SMILES string of the molecule is CCOC1c2cc(OC)c(OC)cc2C(C)(C)CN1C. The largest absolute Gasteiger partial charge is 0.493 e. The zero-order valence-electron chi connectivity index (χ0n) is 13.3. The van der Waals surface area contributed by atoms with Crippen molar-refractivity contribution in [3.05, 3.63) is 23.3 Å². The van der Waals surface area contributed by atoms with Crippen molar-refractivity contribution in [1.82, 2.24) is 4.90 Å². The highest BCUT2D eigenvalue weighted by atomic mass is 16.5. The van der Waals surface area contributed by atoms with E-state index >= 15 is 0 Å². The van der Waals surface area contributed by atoms with Crippen molar-refractivity contribution in [2.45, 2.75) is 32.4 Å². The first-order valence-corrected chi connectivity index (χ1v) is 7.02. The van der Waals surface area contributed by atoms with Gasteiger partial charge in [-0.15, -0.1) is 0 Å². The summed E-state index contributed by atoms with van der Waals surface area (Å²) >= 11 is 0. The minimum Gasteiger partial charge on any atom is -0.493 e. The van der Waals surface area contributed by atoms with E-state index in [1.54, 1.807) is 14.2 Å². The monoisotopic (exact) mass is 279 g/mol. The maximum atomic E-state index is 5.92. The van der Waals surface area contributed by atoms with Crippen molar-refractivity contribution in [3.63, 3.8) is 0 Å². The van der Waals surface area contributed by atoms with Gasteiger partial charge < -0.3 is 14.2 Å². The molecule has 0 radical (unpaired) electrons. The van der Waals surface area contributed by atoms with Crippen LogP contribution in [-0.2, 0) is 10.2 Å². The summed E-state index contributed by atoms with van der Waals surface area (Å²) in [7, 11) is 5.44. The molecular formula is C16H25NO3. The van der Waals surface area contributed by atoms with Crippen molar-refractivity contribution in [2.75, 3.05) is 34.4 Å². The number of hydrogen-bond donors (Lipinski definition) is 0. The topological polar surface area (TPSA) is 30.9 Å². The fraction of sp³-hybridized carbons (Fsp3) is 0.625. The first-order chi connectivity index (χ1) is 9.44. The Kier molecular flexibility index (Phi) is 4.25. The predicted molar refractivity (Wildman–Crippen MR) is 79.6 cm³/mol. The maximum absolute atomic E-state index is 5.92. The minimum absolute atomic E-state index is 0.0252. The van der Waals surface area contributed by atoms with Gasteiger partial charge in [0.15, 0.2) is 11.5 Å². The number of hydrogen-bond acceptors (Lipinski definition) is 4. The van der Waals surface area contributed by atoms with Gasteiger partial charge in [0.2, 0.25) is 0 Å². The first-order valence-electron chi connectivity index (χ1n) is 7.02. The lowest BCUT2D eigenvalue weighted by atomic mass is 9.77. The Morgan fingerprint density at radius 1 is 1.20 bits per heavy atom. The van der Waals surface area contributed by atoms with Crippen LogP contribution in [0.3, 0.4) is 0 Å². The Labute approximate surface area is 121 Å². The molecule has 0 aliphatic carbocycles. The van der Waals surface area contributed by atoms with Gasteiger partial charge in [-0.1, -0.05) is 13.8 Å². The van der Waals surface area contributed by atoms with Gasteiger partial charge in [0.05, 0.1) is 14.2 Å². The third-order valence-electron chi connectivity index (χ3n) is 3.92. The molecule has 0 amide bonds. The number of likely N-dealkylation sites (N-methyl/N-ethyl adjacent to an activating group) is 1. The summed E-state index contributed by atoms with van der Waals surface area (Å²) in [5.41, 5.74) is 2.49. The molecule has 1 aliphatic rings. The van der Waals surface area contributed by atoms with Gasteiger partial charge in [0.25, 0.3) is 0 Å². The molecular weight excluding hydrogens is 254 g/mol. The average molecular weight is 279 g/mol. The molecule has 1 aliphatic heterocycles. The summed E-state index contributed by atoms with van der Waals surface area (Å²) in [6, 6.07) is 4.14. The summed E-state index contributed by atoms with van der Waals surface area (Å²) in [6.07, 6.45) is -0.0252. The van der Waals surface area contributed by atoms with Crippen LogP contribution in [0.25, 0.3) is 0 Å². The van der Waals surface area contributed by atoms with Crippen molar-refractivity contribution in [3.8, 4) is 11.5 Å². The Bertz CT molecular complexity index is 485. The minimum atomic E-state index is -0.0252. The molecule has 0 bridgehead atoms. The number of benzene rings is 1. The van der Waals surface area contributed by atoms with Crippen molar-refractivity contribution in [1.29, 1.82) is 0 Å². The molecule has 20 heavy (non-hydrogen) atoms. The summed E-state index contributed by atoms with van der Waals surface area (Å²) in [5.74, 6) is 1.53. The van der Waals surface area contributed by atoms with E-state index in [1.165, 1.54) is 11.1 Å². The molecule has 1 unspecified atom stereocenters. The van der Waals surface area contributed by atoms with Gasteiger partial charge in [0, 0.05) is 24.1 Å². The van der Waals surface area contributed by atoms with Gasteiger partial charge in [-0.3, -0.25) is 4.90 Å². The Morgan fingerprint density at radius 2 is 1.80 bits per heavy atom.